The van der Waals surface area contributed by atoms with E-state index < -0.39 is 0 Å². The molecule has 1 saturated heterocycles. The van der Waals surface area contributed by atoms with Crippen LogP contribution in [0.5, 0.6) is 0 Å². The van der Waals surface area contributed by atoms with Crippen molar-refractivity contribution in [2.75, 3.05) is 32.9 Å². The van der Waals surface area contributed by atoms with Crippen molar-refractivity contribution in [2.45, 2.75) is 32.4 Å². The third kappa shape index (κ3) is 6.05. The van der Waals surface area contributed by atoms with Crippen LogP contribution in [0.15, 0.2) is 0 Å². The Morgan fingerprint density at radius 2 is 2.31 bits per heavy atom. The molecule has 2 N–H and O–H groups in total. The SMILES string of the molecule is CC(C)(C)NC(=O)COCC1CNCCO1. The molecule has 5 nitrogen and oxygen atoms in total. The van der Waals surface area contributed by atoms with Gasteiger partial charge in [-0.3, -0.25) is 4.79 Å². The number of nitrogens with one attached hydrogen (secondary N) is 2. The standard InChI is InChI=1S/C11H22N2O3/c1-11(2,3)13-10(14)8-15-7-9-6-12-4-5-16-9/h9,12H,4-8H2,1-3H3,(H,13,14). The Labute approximate surface area is 96.9 Å². The monoisotopic (exact) mass is 230 g/mol. The number of carbonyl (C=O) groups is 1. The Hall–Kier alpha value is -0.650. The van der Waals surface area contributed by atoms with Crippen LogP contribution in [0.2, 0.25) is 0 Å². The molecule has 1 heterocycles. The molecule has 1 amide bonds. The van der Waals surface area contributed by atoms with E-state index >= 15 is 0 Å². The molecule has 16 heavy (non-hydrogen) atoms. The highest BCUT2D eigenvalue weighted by molar-refractivity contribution is 5.77. The lowest BCUT2D eigenvalue weighted by Gasteiger charge is -2.24. The molecule has 0 bridgehead atoms. The summed E-state index contributed by atoms with van der Waals surface area (Å²) in [5, 5.41) is 6.04. The van der Waals surface area contributed by atoms with Gasteiger partial charge in [0.2, 0.25) is 5.91 Å². The van der Waals surface area contributed by atoms with Crippen molar-refractivity contribution in [3.05, 3.63) is 0 Å². The van der Waals surface area contributed by atoms with Gasteiger partial charge in [-0.1, -0.05) is 0 Å². The van der Waals surface area contributed by atoms with Gasteiger partial charge in [0, 0.05) is 18.6 Å². The maximum atomic E-state index is 11.4. The van der Waals surface area contributed by atoms with Crippen molar-refractivity contribution in [1.82, 2.24) is 10.6 Å². The minimum Gasteiger partial charge on any atom is -0.373 e. The third-order valence-electron chi connectivity index (χ3n) is 2.06. The summed E-state index contributed by atoms with van der Waals surface area (Å²) in [6, 6.07) is 0. The van der Waals surface area contributed by atoms with Gasteiger partial charge in [0.1, 0.15) is 6.61 Å². The van der Waals surface area contributed by atoms with E-state index in [-0.39, 0.29) is 24.2 Å². The molecular weight excluding hydrogens is 208 g/mol. The first-order chi connectivity index (χ1) is 7.47. The van der Waals surface area contributed by atoms with Crippen LogP contribution in [0, 0.1) is 0 Å². The van der Waals surface area contributed by atoms with E-state index in [2.05, 4.69) is 10.6 Å². The summed E-state index contributed by atoms with van der Waals surface area (Å²) >= 11 is 0. The molecule has 0 aromatic carbocycles. The summed E-state index contributed by atoms with van der Waals surface area (Å²) in [6.45, 7) is 8.78. The fourth-order valence-corrected chi connectivity index (χ4v) is 1.46. The Morgan fingerprint density at radius 3 is 2.88 bits per heavy atom. The Kier molecular flexibility index (Phi) is 5.18. The minimum atomic E-state index is -0.205. The smallest absolute Gasteiger partial charge is 0.246 e. The third-order valence-corrected chi connectivity index (χ3v) is 2.06. The van der Waals surface area contributed by atoms with Gasteiger partial charge < -0.3 is 20.1 Å². The predicted molar refractivity (Wildman–Crippen MR) is 61.3 cm³/mol. The zero-order valence-electron chi connectivity index (χ0n) is 10.3. The van der Waals surface area contributed by atoms with E-state index in [1.54, 1.807) is 0 Å². The minimum absolute atomic E-state index is 0.0659. The second-order valence-corrected chi connectivity index (χ2v) is 5.01. The second-order valence-electron chi connectivity index (χ2n) is 5.01. The van der Waals surface area contributed by atoms with Crippen molar-refractivity contribution in [2.24, 2.45) is 0 Å². The highest BCUT2D eigenvalue weighted by Gasteiger charge is 2.16. The number of rotatable bonds is 4. The number of carbonyl (C=O) groups excluding carboxylic acids is 1. The summed E-state index contributed by atoms with van der Waals surface area (Å²) in [5.41, 5.74) is -0.205. The fourth-order valence-electron chi connectivity index (χ4n) is 1.46. The molecular formula is C11H22N2O3. The molecule has 1 rings (SSSR count). The average Bonchev–Trinajstić information content (AvgIpc) is 2.16. The topological polar surface area (TPSA) is 59.6 Å². The number of morpholine rings is 1. The number of ether oxygens (including phenoxy) is 2. The summed E-state index contributed by atoms with van der Waals surface area (Å²) in [6.07, 6.45) is 0.0659. The highest BCUT2D eigenvalue weighted by Crippen LogP contribution is 1.99. The molecule has 1 fully saturated rings. The molecule has 0 aromatic rings. The van der Waals surface area contributed by atoms with Gasteiger partial charge in [-0.25, -0.2) is 0 Å². The van der Waals surface area contributed by atoms with Crippen molar-refractivity contribution in [3.63, 3.8) is 0 Å². The molecule has 0 aliphatic carbocycles. The first kappa shape index (κ1) is 13.4. The lowest BCUT2D eigenvalue weighted by Crippen LogP contribution is -2.44. The van der Waals surface area contributed by atoms with Crippen molar-refractivity contribution >= 4 is 5.91 Å². The van der Waals surface area contributed by atoms with Gasteiger partial charge >= 0.3 is 0 Å². The van der Waals surface area contributed by atoms with Crippen LogP contribution >= 0.6 is 0 Å². The maximum absolute atomic E-state index is 11.4. The molecule has 0 spiro atoms. The zero-order valence-corrected chi connectivity index (χ0v) is 10.3. The van der Waals surface area contributed by atoms with Crippen LogP contribution in [0.25, 0.3) is 0 Å². The molecule has 94 valence electrons. The number of hydrogen-bond donors (Lipinski definition) is 2. The fraction of sp³-hybridized carbons (Fsp3) is 0.909. The number of amides is 1. The molecule has 5 heteroatoms. The van der Waals surface area contributed by atoms with Crippen LogP contribution < -0.4 is 10.6 Å². The highest BCUT2D eigenvalue weighted by atomic mass is 16.5. The van der Waals surface area contributed by atoms with Gasteiger partial charge in [-0.15, -0.1) is 0 Å². The number of hydrogen-bond acceptors (Lipinski definition) is 4. The van der Waals surface area contributed by atoms with Gasteiger partial charge in [0.15, 0.2) is 0 Å². The van der Waals surface area contributed by atoms with E-state index in [0.29, 0.717) is 13.2 Å². The van der Waals surface area contributed by atoms with Gasteiger partial charge in [0.05, 0.1) is 19.3 Å². The van der Waals surface area contributed by atoms with E-state index in [9.17, 15) is 4.79 Å². The maximum Gasteiger partial charge on any atom is 0.246 e. The van der Waals surface area contributed by atoms with Gasteiger partial charge in [0.25, 0.3) is 0 Å². The Bertz CT molecular complexity index is 220. The summed E-state index contributed by atoms with van der Waals surface area (Å²) in [5.74, 6) is -0.0868. The van der Waals surface area contributed by atoms with Gasteiger partial charge in [-0.2, -0.15) is 0 Å². The first-order valence-corrected chi connectivity index (χ1v) is 5.68. The normalized spacial score (nSPS) is 21.8. The van der Waals surface area contributed by atoms with Crippen molar-refractivity contribution in [3.8, 4) is 0 Å². The van der Waals surface area contributed by atoms with Crippen LogP contribution in [-0.4, -0.2) is 50.5 Å². The van der Waals surface area contributed by atoms with Crippen LogP contribution in [0.3, 0.4) is 0 Å². The first-order valence-electron chi connectivity index (χ1n) is 5.68. The van der Waals surface area contributed by atoms with Crippen LogP contribution in [0.4, 0.5) is 0 Å². The summed E-state index contributed by atoms with van der Waals surface area (Å²) in [4.78, 5) is 11.4. The second kappa shape index (κ2) is 6.18. The molecule has 1 aliphatic heterocycles. The molecule has 1 unspecified atom stereocenters. The molecule has 0 aromatic heterocycles. The van der Waals surface area contributed by atoms with E-state index in [1.165, 1.54) is 0 Å². The van der Waals surface area contributed by atoms with Crippen molar-refractivity contribution < 1.29 is 14.3 Å². The zero-order chi connectivity index (χ0) is 12.0. The van der Waals surface area contributed by atoms with E-state index in [4.69, 9.17) is 9.47 Å². The summed E-state index contributed by atoms with van der Waals surface area (Å²) < 4.78 is 10.7. The van der Waals surface area contributed by atoms with Crippen LogP contribution in [0.1, 0.15) is 20.8 Å². The molecule has 1 atom stereocenters. The molecule has 1 aliphatic rings. The van der Waals surface area contributed by atoms with Gasteiger partial charge in [-0.05, 0) is 20.8 Å². The van der Waals surface area contributed by atoms with Crippen LogP contribution in [-0.2, 0) is 14.3 Å². The van der Waals surface area contributed by atoms with E-state index in [1.807, 2.05) is 20.8 Å². The molecule has 0 radical (unpaired) electrons. The Balaban J connectivity index is 2.08. The predicted octanol–water partition coefficient (Wildman–Crippen LogP) is -0.0939. The van der Waals surface area contributed by atoms with E-state index in [0.717, 1.165) is 13.1 Å². The lowest BCUT2D eigenvalue weighted by atomic mass is 10.1. The largest absolute Gasteiger partial charge is 0.373 e. The van der Waals surface area contributed by atoms with Crippen molar-refractivity contribution in [1.29, 1.82) is 0 Å². The Morgan fingerprint density at radius 1 is 1.56 bits per heavy atom. The quantitative estimate of drug-likeness (QED) is 0.708. The average molecular weight is 230 g/mol. The molecule has 0 saturated carbocycles. The summed E-state index contributed by atoms with van der Waals surface area (Å²) in [7, 11) is 0. The lowest BCUT2D eigenvalue weighted by molar-refractivity contribution is -0.129.